The van der Waals surface area contributed by atoms with Crippen LogP contribution >= 0.6 is 22.8 Å². The fraction of sp³-hybridized carbons (Fsp3) is 1.00. The maximum atomic E-state index is 12.7. The Morgan fingerprint density at radius 2 is 0.649 bits per heavy atom. The van der Waals surface area contributed by atoms with Crippen LogP contribution in [0.4, 0.5) is 65.9 Å². The van der Waals surface area contributed by atoms with Crippen molar-refractivity contribution in [3.8, 4) is 0 Å². The topological polar surface area (TPSA) is 83.2 Å². The Morgan fingerprint density at radius 1 is 0.405 bits per heavy atom. The van der Waals surface area contributed by atoms with E-state index in [4.69, 9.17) is 0 Å². The van der Waals surface area contributed by atoms with Gasteiger partial charge in [-0.05, 0) is 0 Å². The molecule has 0 aromatic carbocycles. The molecule has 0 aliphatic carbocycles. The van der Waals surface area contributed by atoms with E-state index in [1.807, 2.05) is 0 Å². The van der Waals surface area contributed by atoms with Crippen molar-refractivity contribution in [2.45, 2.75) is 30.9 Å². The fourth-order valence-electron chi connectivity index (χ4n) is 1.77. The maximum Gasteiger partial charge on any atom is 0.412 e. The highest BCUT2D eigenvalue weighted by Crippen LogP contribution is 2.79. The highest BCUT2D eigenvalue weighted by atomic mass is 31.3. The third-order valence-electron chi connectivity index (χ3n) is 2.84. The van der Waals surface area contributed by atoms with Crippen LogP contribution in [0, 0.1) is 0 Å². The van der Waals surface area contributed by atoms with Crippen LogP contribution in [0.25, 0.3) is 0 Å². The summed E-state index contributed by atoms with van der Waals surface area (Å²) in [5.41, 5.74) is 0. The largest absolute Gasteiger partial charge is 0.412 e. The van der Waals surface area contributed by atoms with Crippen molar-refractivity contribution in [3.63, 3.8) is 0 Å². The maximum absolute atomic E-state index is 12.7. The highest BCUT2D eigenvalue weighted by molar-refractivity contribution is 7.79. The molecule has 0 N–H and O–H groups in total. The molecule has 0 amide bonds. The van der Waals surface area contributed by atoms with Gasteiger partial charge < -0.3 is 4.52 Å². The molecule has 0 fully saturated rings. The van der Waals surface area contributed by atoms with E-state index in [1.54, 1.807) is 0 Å². The van der Waals surface area contributed by atoms with Crippen molar-refractivity contribution in [2.24, 2.45) is 13.5 Å². The molecule has 1 rings (SSSR count). The van der Waals surface area contributed by atoms with Crippen LogP contribution in [0.2, 0.25) is 0 Å². The Labute approximate surface area is 196 Å². The summed E-state index contributed by atoms with van der Waals surface area (Å²) in [4.78, 5) is 0. The predicted molar refractivity (Wildman–Crippen MR) is 94.0 cm³/mol. The van der Waals surface area contributed by atoms with Crippen molar-refractivity contribution in [1.82, 2.24) is 0 Å². The van der Waals surface area contributed by atoms with Gasteiger partial charge in [-0.3, -0.25) is 18.1 Å². The molecule has 1 atom stereocenters. The zero-order valence-electron chi connectivity index (χ0n) is 17.4. The van der Waals surface area contributed by atoms with Gasteiger partial charge in [0.1, 0.15) is 6.61 Å². The standard InChI is InChI=1S/C11H13F15N3O5P3/c1-35(30-2-7(12,13)14)27-36(31-3-8(15,16)17,32-4-9(18,19)20)29-37(28-35,33-5-10(21,22)23)34-6-11(24,25)26/h2-6H2,1H3. The second kappa shape index (κ2) is 11.5. The molecule has 0 saturated carbocycles. The Morgan fingerprint density at radius 3 is 0.919 bits per heavy atom. The fourth-order valence-corrected chi connectivity index (χ4v) is 11.5. The molecule has 222 valence electrons. The number of nitrogens with zero attached hydrogens (tertiary/aromatic N) is 3. The lowest BCUT2D eigenvalue weighted by molar-refractivity contribution is -0.163. The summed E-state index contributed by atoms with van der Waals surface area (Å²) < 4.78 is 221. The average Bonchev–Trinajstić information content (AvgIpc) is 2.64. The first-order valence-electron chi connectivity index (χ1n) is 8.61. The van der Waals surface area contributed by atoms with Crippen molar-refractivity contribution in [2.75, 3.05) is 39.7 Å². The van der Waals surface area contributed by atoms with Gasteiger partial charge in [0.2, 0.25) is 7.43 Å². The number of hydrogen-bond acceptors (Lipinski definition) is 8. The summed E-state index contributed by atoms with van der Waals surface area (Å²) in [7, 11) is -16.4. The van der Waals surface area contributed by atoms with Crippen molar-refractivity contribution < 1.29 is 88.5 Å². The van der Waals surface area contributed by atoms with Crippen molar-refractivity contribution >= 4 is 22.8 Å². The highest BCUT2D eigenvalue weighted by Gasteiger charge is 2.47. The minimum atomic E-state index is -5.73. The molecule has 1 unspecified atom stereocenters. The molecule has 0 spiro atoms. The Bertz CT molecular complexity index is 870. The summed E-state index contributed by atoms with van der Waals surface area (Å²) >= 11 is 0. The van der Waals surface area contributed by atoms with E-state index in [0.29, 0.717) is 6.66 Å². The van der Waals surface area contributed by atoms with Crippen molar-refractivity contribution in [3.05, 3.63) is 0 Å². The number of alkyl halides is 15. The monoisotopic (exact) mass is 645 g/mol. The minimum Gasteiger partial charge on any atom is -0.318 e. The van der Waals surface area contributed by atoms with Gasteiger partial charge in [0.15, 0.2) is 26.4 Å². The third kappa shape index (κ3) is 14.4. The molecule has 1 aliphatic rings. The molecule has 8 nitrogen and oxygen atoms in total. The van der Waals surface area contributed by atoms with Crippen LogP contribution in [0.5, 0.6) is 0 Å². The first kappa shape index (κ1) is 34.5. The zero-order chi connectivity index (χ0) is 29.2. The van der Waals surface area contributed by atoms with Gasteiger partial charge in [0, 0.05) is 6.66 Å². The Balaban J connectivity index is 3.90. The SMILES string of the molecule is CP1(OCC(F)(F)F)=NP(OCC(F)(F)F)(OCC(F)(F)F)=NP(OCC(F)(F)F)(OCC(F)(F)F)=N1. The zero-order valence-corrected chi connectivity index (χ0v) is 20.1. The summed E-state index contributed by atoms with van der Waals surface area (Å²) in [5, 5.41) is 0. The number of rotatable bonds is 10. The van der Waals surface area contributed by atoms with Gasteiger partial charge in [-0.2, -0.15) is 74.9 Å². The summed E-state index contributed by atoms with van der Waals surface area (Å²) in [6.45, 7) is -12.5. The molecule has 0 aromatic rings. The second-order valence-corrected chi connectivity index (χ2v) is 13.6. The summed E-state index contributed by atoms with van der Waals surface area (Å²) in [6.07, 6.45) is -27.0. The van der Waals surface area contributed by atoms with Gasteiger partial charge >= 0.3 is 46.2 Å². The van der Waals surface area contributed by atoms with Gasteiger partial charge in [-0.15, -0.1) is 4.52 Å². The summed E-state index contributed by atoms with van der Waals surface area (Å²) in [6, 6.07) is 0. The lowest BCUT2D eigenvalue weighted by Crippen LogP contribution is -2.22. The molecule has 37 heavy (non-hydrogen) atoms. The lowest BCUT2D eigenvalue weighted by Gasteiger charge is -2.33. The van der Waals surface area contributed by atoms with Crippen LogP contribution in [0.1, 0.15) is 0 Å². The van der Waals surface area contributed by atoms with Gasteiger partial charge in [-0.1, -0.05) is 0 Å². The summed E-state index contributed by atoms with van der Waals surface area (Å²) in [5.74, 6) is 0. The van der Waals surface area contributed by atoms with E-state index in [1.165, 1.54) is 0 Å². The minimum absolute atomic E-state index is 0.332. The van der Waals surface area contributed by atoms with Crippen LogP contribution in [-0.2, 0) is 22.6 Å². The third-order valence-corrected chi connectivity index (χ3v) is 11.6. The molecule has 0 bridgehead atoms. The van der Waals surface area contributed by atoms with Crippen LogP contribution in [-0.4, -0.2) is 70.6 Å². The van der Waals surface area contributed by atoms with E-state index in [2.05, 4.69) is 36.2 Å². The van der Waals surface area contributed by atoms with E-state index < -0.39 is 86.7 Å². The quantitative estimate of drug-likeness (QED) is 0.176. The van der Waals surface area contributed by atoms with Gasteiger partial charge in [-0.25, -0.2) is 0 Å². The molecule has 0 aromatic heterocycles. The molecule has 1 heterocycles. The van der Waals surface area contributed by atoms with Crippen LogP contribution < -0.4 is 0 Å². The first-order valence-corrected chi connectivity index (χ1v) is 13.7. The second-order valence-electron chi connectivity index (χ2n) is 6.53. The van der Waals surface area contributed by atoms with Crippen molar-refractivity contribution in [1.29, 1.82) is 0 Å². The van der Waals surface area contributed by atoms with E-state index in [9.17, 15) is 65.9 Å². The molecule has 26 heteroatoms. The smallest absolute Gasteiger partial charge is 0.318 e. The van der Waals surface area contributed by atoms with Gasteiger partial charge in [0.05, 0.1) is 0 Å². The molecule has 0 radical (unpaired) electrons. The molecular weight excluding hydrogens is 632 g/mol. The molecule has 1 aliphatic heterocycles. The van der Waals surface area contributed by atoms with E-state index in [0.717, 1.165) is 0 Å². The van der Waals surface area contributed by atoms with Crippen LogP contribution in [0.15, 0.2) is 13.5 Å². The first-order chi connectivity index (χ1) is 16.2. The van der Waals surface area contributed by atoms with Crippen LogP contribution in [0.3, 0.4) is 0 Å². The molecular formula is C11H13F15N3O5P3. The Kier molecular flexibility index (Phi) is 10.7. The van der Waals surface area contributed by atoms with E-state index >= 15 is 0 Å². The normalized spacial score (nSPS) is 22.7. The lowest BCUT2D eigenvalue weighted by atomic mass is 10.7. The number of hydrogen-bond donors (Lipinski definition) is 0. The molecule has 0 saturated heterocycles. The Hall–Kier alpha value is -0.560. The average molecular weight is 645 g/mol. The predicted octanol–water partition coefficient (Wildman–Crippen LogP) is 8.45. The number of halogens is 15. The van der Waals surface area contributed by atoms with E-state index in [-0.39, 0.29) is 0 Å². The van der Waals surface area contributed by atoms with Gasteiger partial charge in [0.25, 0.3) is 0 Å².